The number of carbonyl (C=O) groups excluding carboxylic acids is 1. The van der Waals surface area contributed by atoms with E-state index in [4.69, 9.17) is 0 Å². The van der Waals surface area contributed by atoms with Crippen molar-refractivity contribution < 1.29 is 4.79 Å². The summed E-state index contributed by atoms with van der Waals surface area (Å²) in [4.78, 5) is 10.8. The minimum absolute atomic E-state index is 0.421. The van der Waals surface area contributed by atoms with Gasteiger partial charge in [0.1, 0.15) is 6.29 Å². The molecule has 2 fully saturated rings. The lowest BCUT2D eigenvalue weighted by Crippen LogP contribution is -2.22. The molecule has 0 aromatic heterocycles. The molecule has 0 aromatic carbocycles. The number of carbonyl (C=O) groups is 1. The molecule has 2 aliphatic rings. The zero-order valence-corrected chi connectivity index (χ0v) is 7.01. The van der Waals surface area contributed by atoms with Gasteiger partial charge in [0, 0.05) is 5.92 Å². The standard InChI is InChI=1S/C10H16O/c11-8-9-4-3-7-10(9)5-1-2-6-10/h8-9H,1-7H2. The summed E-state index contributed by atoms with van der Waals surface area (Å²) in [5, 5.41) is 0. The molecule has 1 unspecified atom stereocenters. The highest BCUT2D eigenvalue weighted by molar-refractivity contribution is 5.56. The van der Waals surface area contributed by atoms with Gasteiger partial charge in [-0.25, -0.2) is 0 Å². The maximum Gasteiger partial charge on any atom is 0.123 e. The molecule has 0 heterocycles. The van der Waals surface area contributed by atoms with Crippen LogP contribution in [0.3, 0.4) is 0 Å². The first-order valence-electron chi connectivity index (χ1n) is 4.83. The van der Waals surface area contributed by atoms with Crippen LogP contribution in [0.2, 0.25) is 0 Å². The van der Waals surface area contributed by atoms with Crippen LogP contribution in [0, 0.1) is 11.3 Å². The van der Waals surface area contributed by atoms with E-state index in [0.717, 1.165) is 0 Å². The van der Waals surface area contributed by atoms with E-state index in [-0.39, 0.29) is 0 Å². The van der Waals surface area contributed by atoms with Crippen molar-refractivity contribution in [2.75, 3.05) is 0 Å². The van der Waals surface area contributed by atoms with Crippen LogP contribution in [0.25, 0.3) is 0 Å². The Morgan fingerprint density at radius 1 is 1.09 bits per heavy atom. The monoisotopic (exact) mass is 152 g/mol. The van der Waals surface area contributed by atoms with Gasteiger partial charge in [0.15, 0.2) is 0 Å². The first kappa shape index (κ1) is 7.33. The molecule has 0 bridgehead atoms. The zero-order chi connectivity index (χ0) is 7.73. The molecule has 11 heavy (non-hydrogen) atoms. The average Bonchev–Trinajstić information content (AvgIpc) is 2.62. The Morgan fingerprint density at radius 2 is 1.73 bits per heavy atom. The highest BCUT2D eigenvalue weighted by Gasteiger charge is 2.44. The highest BCUT2D eigenvalue weighted by atomic mass is 16.1. The van der Waals surface area contributed by atoms with E-state index in [2.05, 4.69) is 0 Å². The third-order valence-corrected chi connectivity index (χ3v) is 3.74. The van der Waals surface area contributed by atoms with E-state index in [1.807, 2.05) is 0 Å². The van der Waals surface area contributed by atoms with Crippen LogP contribution in [0.4, 0.5) is 0 Å². The minimum atomic E-state index is 0.421. The Balaban J connectivity index is 2.15. The largest absolute Gasteiger partial charge is 0.303 e. The minimum Gasteiger partial charge on any atom is -0.303 e. The third-order valence-electron chi connectivity index (χ3n) is 3.74. The smallest absolute Gasteiger partial charge is 0.123 e. The second-order valence-corrected chi connectivity index (χ2v) is 4.20. The number of hydrogen-bond acceptors (Lipinski definition) is 1. The van der Waals surface area contributed by atoms with E-state index in [1.54, 1.807) is 0 Å². The van der Waals surface area contributed by atoms with Crippen LogP contribution in [0.1, 0.15) is 44.9 Å². The molecule has 1 heteroatoms. The molecule has 0 amide bonds. The molecule has 1 atom stereocenters. The topological polar surface area (TPSA) is 17.1 Å². The maximum atomic E-state index is 10.8. The fourth-order valence-electron chi connectivity index (χ4n) is 3.08. The van der Waals surface area contributed by atoms with Crippen molar-refractivity contribution in [2.45, 2.75) is 44.9 Å². The molecule has 0 aromatic rings. The molecule has 0 saturated heterocycles. The van der Waals surface area contributed by atoms with Crippen LogP contribution in [-0.2, 0) is 4.79 Å². The second-order valence-electron chi connectivity index (χ2n) is 4.20. The Morgan fingerprint density at radius 3 is 2.36 bits per heavy atom. The van der Waals surface area contributed by atoms with Crippen LogP contribution >= 0.6 is 0 Å². The Hall–Kier alpha value is -0.330. The summed E-state index contributed by atoms with van der Waals surface area (Å²) >= 11 is 0. The first-order valence-corrected chi connectivity index (χ1v) is 4.83. The molecular weight excluding hydrogens is 136 g/mol. The fraction of sp³-hybridized carbons (Fsp3) is 0.900. The van der Waals surface area contributed by atoms with Crippen LogP contribution < -0.4 is 0 Å². The van der Waals surface area contributed by atoms with Crippen molar-refractivity contribution in [1.82, 2.24) is 0 Å². The molecule has 0 radical (unpaired) electrons. The van der Waals surface area contributed by atoms with E-state index in [0.29, 0.717) is 11.3 Å². The van der Waals surface area contributed by atoms with Gasteiger partial charge in [-0.1, -0.05) is 19.3 Å². The van der Waals surface area contributed by atoms with Crippen molar-refractivity contribution >= 4 is 6.29 Å². The van der Waals surface area contributed by atoms with Gasteiger partial charge in [0.25, 0.3) is 0 Å². The van der Waals surface area contributed by atoms with E-state index >= 15 is 0 Å². The zero-order valence-electron chi connectivity index (χ0n) is 7.01. The van der Waals surface area contributed by atoms with Gasteiger partial charge in [-0.05, 0) is 31.1 Å². The van der Waals surface area contributed by atoms with Crippen molar-refractivity contribution in [3.8, 4) is 0 Å². The van der Waals surface area contributed by atoms with Crippen LogP contribution in [-0.4, -0.2) is 6.29 Å². The molecule has 1 spiro atoms. The van der Waals surface area contributed by atoms with Gasteiger partial charge >= 0.3 is 0 Å². The second kappa shape index (κ2) is 2.62. The summed E-state index contributed by atoms with van der Waals surface area (Å²) < 4.78 is 0. The van der Waals surface area contributed by atoms with Gasteiger partial charge in [-0.15, -0.1) is 0 Å². The molecule has 0 N–H and O–H groups in total. The first-order chi connectivity index (χ1) is 5.37. The van der Waals surface area contributed by atoms with E-state index in [9.17, 15) is 4.79 Å². The quantitative estimate of drug-likeness (QED) is 0.528. The summed E-state index contributed by atoms with van der Waals surface area (Å²) in [5.41, 5.74) is 0.488. The van der Waals surface area contributed by atoms with Gasteiger partial charge in [-0.3, -0.25) is 0 Å². The maximum absolute atomic E-state index is 10.8. The van der Waals surface area contributed by atoms with Gasteiger partial charge in [0.05, 0.1) is 0 Å². The highest BCUT2D eigenvalue weighted by Crippen LogP contribution is 2.53. The lowest BCUT2D eigenvalue weighted by atomic mass is 9.77. The van der Waals surface area contributed by atoms with E-state index < -0.39 is 0 Å². The average molecular weight is 152 g/mol. The normalized spacial score (nSPS) is 34.7. The number of rotatable bonds is 1. The van der Waals surface area contributed by atoms with Crippen molar-refractivity contribution in [1.29, 1.82) is 0 Å². The summed E-state index contributed by atoms with van der Waals surface area (Å²) in [7, 11) is 0. The van der Waals surface area contributed by atoms with Crippen molar-refractivity contribution in [2.24, 2.45) is 11.3 Å². The van der Waals surface area contributed by atoms with Crippen LogP contribution in [0.15, 0.2) is 0 Å². The molecule has 62 valence electrons. The van der Waals surface area contributed by atoms with Crippen molar-refractivity contribution in [3.63, 3.8) is 0 Å². The third kappa shape index (κ3) is 1.02. The molecule has 2 saturated carbocycles. The number of aldehydes is 1. The summed E-state index contributed by atoms with van der Waals surface area (Å²) in [6, 6.07) is 0. The molecule has 2 rings (SSSR count). The van der Waals surface area contributed by atoms with Gasteiger partial charge in [-0.2, -0.15) is 0 Å². The van der Waals surface area contributed by atoms with Crippen LogP contribution in [0.5, 0.6) is 0 Å². The fourth-order valence-corrected chi connectivity index (χ4v) is 3.08. The molecule has 0 aliphatic heterocycles. The predicted octanol–water partition coefficient (Wildman–Crippen LogP) is 2.55. The van der Waals surface area contributed by atoms with Gasteiger partial charge < -0.3 is 4.79 Å². The Labute approximate surface area is 68.2 Å². The van der Waals surface area contributed by atoms with E-state index in [1.165, 1.54) is 51.2 Å². The molecule has 1 nitrogen and oxygen atoms in total. The van der Waals surface area contributed by atoms with Crippen molar-refractivity contribution in [3.05, 3.63) is 0 Å². The predicted molar refractivity (Wildman–Crippen MR) is 44.3 cm³/mol. The Bertz CT molecular complexity index is 151. The lowest BCUT2D eigenvalue weighted by Gasteiger charge is -2.26. The number of hydrogen-bond donors (Lipinski definition) is 0. The SMILES string of the molecule is O=CC1CCCC12CCCC2. The molecule has 2 aliphatic carbocycles. The Kier molecular flexibility index (Phi) is 1.74. The molecular formula is C10H16O. The van der Waals surface area contributed by atoms with Gasteiger partial charge in [0.2, 0.25) is 0 Å². The summed E-state index contributed by atoms with van der Waals surface area (Å²) in [6.45, 7) is 0. The summed E-state index contributed by atoms with van der Waals surface area (Å²) in [5.74, 6) is 0.421. The summed E-state index contributed by atoms with van der Waals surface area (Å²) in [6.07, 6.45) is 10.4. The lowest BCUT2D eigenvalue weighted by molar-refractivity contribution is -0.113.